The number of aryl methyl sites for hydroxylation is 1. The van der Waals surface area contributed by atoms with E-state index in [1.165, 1.54) is 11.5 Å². The van der Waals surface area contributed by atoms with Gasteiger partial charge in [-0.05, 0) is 29.0 Å². The number of hydrogen-bond donors (Lipinski definition) is 1. The highest BCUT2D eigenvalue weighted by Crippen LogP contribution is 2.41. The van der Waals surface area contributed by atoms with Gasteiger partial charge in [0.1, 0.15) is 11.6 Å². The molecule has 0 aliphatic carbocycles. The number of rotatable bonds is 3. The second kappa shape index (κ2) is 6.65. The minimum Gasteiger partial charge on any atom is -0.383 e. The molecule has 0 saturated carbocycles. The minimum atomic E-state index is 0.388. The van der Waals surface area contributed by atoms with Gasteiger partial charge in [0.25, 0.3) is 0 Å². The number of thioether (sulfide) groups is 2. The molecule has 1 saturated heterocycles. The average Bonchev–Trinajstić information content (AvgIpc) is 2.35. The number of halogens is 1. The number of anilines is 1. The van der Waals surface area contributed by atoms with E-state index in [0.29, 0.717) is 16.3 Å². The highest BCUT2D eigenvalue weighted by atomic mass is 127. The lowest BCUT2D eigenvalue weighted by Gasteiger charge is -2.27. The number of hydrogen-bond acceptors (Lipinski definition) is 5. The quantitative estimate of drug-likeness (QED) is 0.794. The topological polar surface area (TPSA) is 51.8 Å². The summed E-state index contributed by atoms with van der Waals surface area (Å²) < 4.78 is 1.03. The summed E-state index contributed by atoms with van der Waals surface area (Å²) in [6, 6.07) is 0. The number of nitrogens with two attached hydrogens (primary N) is 1. The van der Waals surface area contributed by atoms with Gasteiger partial charge in [-0.2, -0.15) is 11.8 Å². The van der Waals surface area contributed by atoms with Crippen LogP contribution in [0.5, 0.6) is 0 Å². The molecule has 1 aliphatic heterocycles. The molecule has 2 rings (SSSR count). The summed E-state index contributed by atoms with van der Waals surface area (Å²) in [6.07, 6.45) is 2.07. The SMILES string of the molecule is CCCc1nc(C2SCCSC2C)nc(N)c1I. The van der Waals surface area contributed by atoms with Crippen molar-refractivity contribution in [2.45, 2.75) is 37.2 Å². The van der Waals surface area contributed by atoms with Crippen molar-refractivity contribution < 1.29 is 0 Å². The van der Waals surface area contributed by atoms with E-state index in [4.69, 9.17) is 10.7 Å². The molecule has 0 spiro atoms. The van der Waals surface area contributed by atoms with Crippen molar-refractivity contribution in [2.24, 2.45) is 0 Å². The Hall–Kier alpha value is 0.310. The lowest BCUT2D eigenvalue weighted by Crippen LogP contribution is -2.20. The van der Waals surface area contributed by atoms with Crippen LogP contribution < -0.4 is 5.73 Å². The standard InChI is InChI=1S/C12H18IN3S2/c1-3-4-8-9(13)11(14)16-12(15-8)10-7(2)17-5-6-18-10/h7,10H,3-6H2,1-2H3,(H2,14,15,16). The van der Waals surface area contributed by atoms with Crippen molar-refractivity contribution >= 4 is 51.9 Å². The van der Waals surface area contributed by atoms with Gasteiger partial charge in [-0.25, -0.2) is 9.97 Å². The lowest BCUT2D eigenvalue weighted by molar-refractivity contribution is 0.784. The summed E-state index contributed by atoms with van der Waals surface area (Å²) in [6.45, 7) is 4.43. The van der Waals surface area contributed by atoms with Gasteiger partial charge in [-0.15, -0.1) is 11.8 Å². The highest BCUT2D eigenvalue weighted by Gasteiger charge is 2.27. The van der Waals surface area contributed by atoms with Crippen LogP contribution in [0.3, 0.4) is 0 Å². The van der Waals surface area contributed by atoms with Crippen molar-refractivity contribution in [3.05, 3.63) is 15.1 Å². The first kappa shape index (κ1) is 14.7. The molecule has 3 nitrogen and oxygen atoms in total. The van der Waals surface area contributed by atoms with Crippen LogP contribution in [0.15, 0.2) is 0 Å². The predicted molar refractivity (Wildman–Crippen MR) is 90.3 cm³/mol. The summed E-state index contributed by atoms with van der Waals surface area (Å²) in [5.41, 5.74) is 7.14. The van der Waals surface area contributed by atoms with Crippen LogP contribution >= 0.6 is 46.1 Å². The number of aromatic nitrogens is 2. The van der Waals surface area contributed by atoms with E-state index >= 15 is 0 Å². The molecule has 0 radical (unpaired) electrons. The first-order valence-electron chi connectivity index (χ1n) is 6.18. The van der Waals surface area contributed by atoms with E-state index in [1.807, 2.05) is 23.5 Å². The average molecular weight is 395 g/mol. The van der Waals surface area contributed by atoms with Gasteiger partial charge in [0.15, 0.2) is 0 Å². The number of nitrogens with zero attached hydrogens (tertiary/aromatic N) is 2. The Bertz CT molecular complexity index is 428. The summed E-state index contributed by atoms with van der Waals surface area (Å²) in [4.78, 5) is 9.28. The molecular weight excluding hydrogens is 377 g/mol. The fourth-order valence-electron chi connectivity index (χ4n) is 1.98. The largest absolute Gasteiger partial charge is 0.383 e. The van der Waals surface area contributed by atoms with Gasteiger partial charge in [0, 0.05) is 16.8 Å². The molecule has 1 fully saturated rings. The first-order chi connectivity index (χ1) is 8.63. The Morgan fingerprint density at radius 2 is 2.06 bits per heavy atom. The van der Waals surface area contributed by atoms with Crippen LogP contribution in [-0.4, -0.2) is 26.7 Å². The van der Waals surface area contributed by atoms with Crippen molar-refractivity contribution in [3.8, 4) is 0 Å². The molecule has 100 valence electrons. The predicted octanol–water partition coefficient (Wildman–Crippen LogP) is 3.53. The molecule has 6 heteroatoms. The van der Waals surface area contributed by atoms with E-state index in [1.54, 1.807) is 0 Å². The smallest absolute Gasteiger partial charge is 0.145 e. The maximum Gasteiger partial charge on any atom is 0.145 e. The summed E-state index contributed by atoms with van der Waals surface area (Å²) in [5.74, 6) is 3.98. The molecule has 2 heterocycles. The molecule has 1 aliphatic rings. The van der Waals surface area contributed by atoms with Crippen molar-refractivity contribution in [3.63, 3.8) is 0 Å². The van der Waals surface area contributed by atoms with E-state index < -0.39 is 0 Å². The maximum atomic E-state index is 6.03. The van der Waals surface area contributed by atoms with E-state index in [2.05, 4.69) is 41.4 Å². The third-order valence-corrected chi connectivity index (χ3v) is 7.15. The Morgan fingerprint density at radius 3 is 2.72 bits per heavy atom. The van der Waals surface area contributed by atoms with Crippen LogP contribution in [0.2, 0.25) is 0 Å². The Kier molecular flexibility index (Phi) is 5.44. The zero-order chi connectivity index (χ0) is 13.1. The van der Waals surface area contributed by atoms with Gasteiger partial charge in [0.2, 0.25) is 0 Å². The molecule has 18 heavy (non-hydrogen) atoms. The monoisotopic (exact) mass is 395 g/mol. The third-order valence-electron chi connectivity index (χ3n) is 2.89. The van der Waals surface area contributed by atoms with Gasteiger partial charge in [0.05, 0.1) is 14.5 Å². The Balaban J connectivity index is 2.32. The van der Waals surface area contributed by atoms with Crippen LogP contribution in [-0.2, 0) is 6.42 Å². The summed E-state index contributed by atoms with van der Waals surface area (Å²) in [5, 5.41) is 0.955. The summed E-state index contributed by atoms with van der Waals surface area (Å²) >= 11 is 6.23. The Morgan fingerprint density at radius 1 is 1.33 bits per heavy atom. The number of nitrogen functional groups attached to an aromatic ring is 1. The van der Waals surface area contributed by atoms with Crippen molar-refractivity contribution in [1.29, 1.82) is 0 Å². The van der Waals surface area contributed by atoms with E-state index in [-0.39, 0.29) is 0 Å². The molecule has 2 unspecified atom stereocenters. The Labute approximate surface area is 131 Å². The van der Waals surface area contributed by atoms with Crippen LogP contribution in [0.4, 0.5) is 5.82 Å². The second-order valence-corrected chi connectivity index (χ2v) is 8.16. The molecule has 1 aromatic rings. The molecule has 0 bridgehead atoms. The van der Waals surface area contributed by atoms with E-state index in [9.17, 15) is 0 Å². The first-order valence-corrected chi connectivity index (χ1v) is 9.36. The van der Waals surface area contributed by atoms with Crippen LogP contribution in [0, 0.1) is 3.57 Å². The lowest BCUT2D eigenvalue weighted by atomic mass is 10.2. The molecule has 0 amide bonds. The molecule has 2 N–H and O–H groups in total. The van der Waals surface area contributed by atoms with Crippen LogP contribution in [0.25, 0.3) is 0 Å². The van der Waals surface area contributed by atoms with Gasteiger partial charge in [-0.3, -0.25) is 0 Å². The maximum absolute atomic E-state index is 6.03. The van der Waals surface area contributed by atoms with Gasteiger partial charge < -0.3 is 5.73 Å². The van der Waals surface area contributed by atoms with Crippen molar-refractivity contribution in [1.82, 2.24) is 9.97 Å². The zero-order valence-electron chi connectivity index (χ0n) is 10.6. The molecule has 2 atom stereocenters. The van der Waals surface area contributed by atoms with Crippen molar-refractivity contribution in [2.75, 3.05) is 17.2 Å². The van der Waals surface area contributed by atoms with Gasteiger partial charge in [-0.1, -0.05) is 20.3 Å². The highest BCUT2D eigenvalue weighted by molar-refractivity contribution is 14.1. The minimum absolute atomic E-state index is 0.388. The third kappa shape index (κ3) is 3.25. The van der Waals surface area contributed by atoms with E-state index in [0.717, 1.165) is 27.9 Å². The van der Waals surface area contributed by atoms with Crippen LogP contribution in [0.1, 0.15) is 37.0 Å². The fraction of sp³-hybridized carbons (Fsp3) is 0.667. The zero-order valence-corrected chi connectivity index (χ0v) is 14.4. The molecular formula is C12H18IN3S2. The normalized spacial score (nSPS) is 24.2. The fourth-order valence-corrected chi connectivity index (χ4v) is 5.18. The summed E-state index contributed by atoms with van der Waals surface area (Å²) in [7, 11) is 0. The second-order valence-electron chi connectivity index (χ2n) is 4.35. The molecule has 1 aromatic heterocycles. The molecule has 0 aromatic carbocycles. The van der Waals surface area contributed by atoms with Gasteiger partial charge >= 0.3 is 0 Å².